The number of hydrogen-bond acceptors (Lipinski definition) is 4. The Hall–Kier alpha value is 0.850. The van der Waals surface area contributed by atoms with Gasteiger partial charge < -0.3 is 18.9 Å². The second kappa shape index (κ2) is 4.70. The van der Waals surface area contributed by atoms with Crippen molar-refractivity contribution in [2.24, 2.45) is 0 Å². The third-order valence-electron chi connectivity index (χ3n) is 0.287. The normalized spacial score (nSPS) is 10.4. The van der Waals surface area contributed by atoms with Gasteiger partial charge in [0.2, 0.25) is 0 Å². The Balaban J connectivity index is 0. The molecule has 0 aliphatic heterocycles. The van der Waals surface area contributed by atoms with E-state index < -0.39 is 7.82 Å². The van der Waals surface area contributed by atoms with E-state index in [0.29, 0.717) is 0 Å². The number of phosphoric ester groups is 1. The summed E-state index contributed by atoms with van der Waals surface area (Å²) in [7, 11) is -4.67. The van der Waals surface area contributed by atoms with E-state index >= 15 is 0 Å². The summed E-state index contributed by atoms with van der Waals surface area (Å²) in [5.41, 5.74) is 0. The van der Waals surface area contributed by atoms with Gasteiger partial charge in [-0.15, -0.1) is 0 Å². The molecule has 8 heavy (non-hydrogen) atoms. The van der Waals surface area contributed by atoms with Crippen molar-refractivity contribution in [1.29, 1.82) is 0 Å². The van der Waals surface area contributed by atoms with Gasteiger partial charge in [0.05, 0.1) is 7.82 Å². The van der Waals surface area contributed by atoms with Gasteiger partial charge in [-0.2, -0.15) is 0 Å². The van der Waals surface area contributed by atoms with Crippen molar-refractivity contribution < 1.29 is 41.3 Å². The molecule has 0 fully saturated rings. The van der Waals surface area contributed by atoms with E-state index in [1.54, 1.807) is 0 Å². The van der Waals surface area contributed by atoms with Gasteiger partial charge >= 0.3 is 22.4 Å². The maximum atomic E-state index is 9.48. The Morgan fingerprint density at radius 2 is 2.00 bits per heavy atom. The fraction of sp³-hybridized carbons (Fsp3) is 1.00. The first-order valence-corrected chi connectivity index (χ1v) is 3.19. The summed E-state index contributed by atoms with van der Waals surface area (Å²) in [6, 6.07) is 0. The Morgan fingerprint density at radius 3 is 2.00 bits per heavy atom. The van der Waals surface area contributed by atoms with Crippen molar-refractivity contribution in [2.75, 3.05) is 6.61 Å². The molecule has 6 heteroatoms. The first kappa shape index (κ1) is 11.6. The van der Waals surface area contributed by atoms with E-state index in [2.05, 4.69) is 4.52 Å². The van der Waals surface area contributed by atoms with Gasteiger partial charge in [0, 0.05) is 6.61 Å². The summed E-state index contributed by atoms with van der Waals surface area (Å²) in [6.07, 6.45) is 0. The van der Waals surface area contributed by atoms with E-state index in [4.69, 9.17) is 0 Å². The predicted molar refractivity (Wildman–Crippen MR) is 19.2 cm³/mol. The van der Waals surface area contributed by atoms with Crippen LogP contribution in [0.4, 0.5) is 0 Å². The topological polar surface area (TPSA) is 72.4 Å². The molecule has 0 amide bonds. The van der Waals surface area contributed by atoms with E-state index in [0.717, 1.165) is 0 Å². The van der Waals surface area contributed by atoms with Gasteiger partial charge in [0.15, 0.2) is 0 Å². The minimum absolute atomic E-state index is 0. The molecule has 0 aliphatic rings. The van der Waals surface area contributed by atoms with Crippen LogP contribution in [0.3, 0.4) is 0 Å². The van der Waals surface area contributed by atoms with Crippen LogP contribution in [0, 0.1) is 0 Å². The van der Waals surface area contributed by atoms with Crippen LogP contribution in [0.2, 0.25) is 0 Å². The zero-order valence-electron chi connectivity index (χ0n) is 4.09. The first-order chi connectivity index (χ1) is 3.06. The fourth-order valence-electron chi connectivity index (χ4n) is 0.158. The molecule has 4 nitrogen and oxygen atoms in total. The molecule has 0 aromatic rings. The molecular weight excluding hydrogens is 227 g/mol. The molecule has 1 radical (unpaired) electrons. The van der Waals surface area contributed by atoms with E-state index in [1.807, 2.05) is 0 Å². The maximum Gasteiger partial charge on any atom is 2.00 e. The molecular formula is C2H5AgO4P. The van der Waals surface area contributed by atoms with Crippen LogP contribution in [0.5, 0.6) is 0 Å². The van der Waals surface area contributed by atoms with Crippen molar-refractivity contribution in [3.8, 4) is 0 Å². The molecule has 0 spiro atoms. The molecule has 0 saturated heterocycles. The third kappa shape index (κ3) is 9.97. The second-order valence-corrected chi connectivity index (χ2v) is 2.02. The summed E-state index contributed by atoms with van der Waals surface area (Å²) >= 11 is 0. The van der Waals surface area contributed by atoms with Crippen LogP contribution in [0.1, 0.15) is 6.92 Å². The number of hydrogen-bond donors (Lipinski definition) is 0. The van der Waals surface area contributed by atoms with Gasteiger partial charge in [0.25, 0.3) is 0 Å². The van der Waals surface area contributed by atoms with Crippen molar-refractivity contribution >= 4 is 7.82 Å². The van der Waals surface area contributed by atoms with Crippen LogP contribution in [0.15, 0.2) is 0 Å². The summed E-state index contributed by atoms with van der Waals surface area (Å²) in [6.45, 7) is 1.35. The summed E-state index contributed by atoms with van der Waals surface area (Å²) < 4.78 is 13.2. The summed E-state index contributed by atoms with van der Waals surface area (Å²) in [5.74, 6) is 0. The molecule has 53 valence electrons. The van der Waals surface area contributed by atoms with E-state index in [-0.39, 0.29) is 29.0 Å². The fourth-order valence-corrected chi connectivity index (χ4v) is 0.474. The predicted octanol–water partition coefficient (Wildman–Crippen LogP) is -1.15. The van der Waals surface area contributed by atoms with Crippen LogP contribution < -0.4 is 9.79 Å². The number of phosphoric acid groups is 1. The standard InChI is InChI=1S/C2H7O4P.Ag/c1-2-6-7(3,4)5;/h2H2,1H3,(H2,3,4,5);/q;+2/p-2. The molecule has 0 aromatic heterocycles. The molecule has 0 aromatic carbocycles. The Bertz CT molecular complexity index is 88.0. The van der Waals surface area contributed by atoms with E-state index in [9.17, 15) is 14.4 Å². The Kier molecular flexibility index (Phi) is 6.83. The van der Waals surface area contributed by atoms with Crippen LogP contribution in [-0.2, 0) is 31.5 Å². The Morgan fingerprint density at radius 1 is 1.62 bits per heavy atom. The quantitative estimate of drug-likeness (QED) is 0.445. The SMILES string of the molecule is CCOP(=O)([O-])[O-].[Ag+2]. The molecule has 0 N–H and O–H groups in total. The molecule has 0 atom stereocenters. The molecule has 0 heterocycles. The maximum absolute atomic E-state index is 9.48. The minimum Gasteiger partial charge on any atom is -0.790 e. The zero-order valence-corrected chi connectivity index (χ0v) is 6.47. The van der Waals surface area contributed by atoms with E-state index in [1.165, 1.54) is 6.92 Å². The van der Waals surface area contributed by atoms with Gasteiger partial charge in [-0.05, 0) is 6.92 Å². The average molecular weight is 232 g/mol. The first-order valence-electron chi connectivity index (χ1n) is 1.73. The van der Waals surface area contributed by atoms with Gasteiger partial charge in [0.1, 0.15) is 0 Å². The molecule has 0 bridgehead atoms. The van der Waals surface area contributed by atoms with Gasteiger partial charge in [-0.25, -0.2) is 0 Å². The Labute approximate surface area is 63.0 Å². The zero-order chi connectivity index (χ0) is 5.91. The average Bonchev–Trinajstić information content (AvgIpc) is 1.30. The van der Waals surface area contributed by atoms with Gasteiger partial charge in [-0.3, -0.25) is 0 Å². The van der Waals surface area contributed by atoms with Gasteiger partial charge in [-0.1, -0.05) is 0 Å². The number of rotatable bonds is 2. The summed E-state index contributed by atoms with van der Waals surface area (Å²) in [4.78, 5) is 19.0. The molecule has 0 aliphatic carbocycles. The van der Waals surface area contributed by atoms with Crippen molar-refractivity contribution in [3.63, 3.8) is 0 Å². The van der Waals surface area contributed by atoms with Crippen molar-refractivity contribution in [2.45, 2.75) is 6.92 Å². The third-order valence-corrected chi connectivity index (χ3v) is 0.862. The second-order valence-electron chi connectivity index (χ2n) is 0.865. The molecule has 0 unspecified atom stereocenters. The van der Waals surface area contributed by atoms with Crippen LogP contribution in [-0.4, -0.2) is 6.61 Å². The molecule has 0 saturated carbocycles. The van der Waals surface area contributed by atoms with Crippen LogP contribution >= 0.6 is 7.82 Å². The van der Waals surface area contributed by atoms with Crippen LogP contribution in [0.25, 0.3) is 0 Å². The monoisotopic (exact) mass is 231 g/mol. The minimum atomic E-state index is -4.67. The van der Waals surface area contributed by atoms with Crippen molar-refractivity contribution in [3.05, 3.63) is 0 Å². The smallest absolute Gasteiger partial charge is 0.790 e. The largest absolute Gasteiger partial charge is 2.00 e. The molecule has 0 rings (SSSR count). The summed E-state index contributed by atoms with van der Waals surface area (Å²) in [5, 5.41) is 0. The van der Waals surface area contributed by atoms with Crippen molar-refractivity contribution in [1.82, 2.24) is 0 Å².